The first kappa shape index (κ1) is 19.3. The fourth-order valence-corrected chi connectivity index (χ4v) is 3.05. The molecule has 0 heterocycles. The number of nitrogens with one attached hydrogen (secondary N) is 2. The molecule has 1 aromatic rings. The van der Waals surface area contributed by atoms with Crippen LogP contribution in [0.1, 0.15) is 6.92 Å². The van der Waals surface area contributed by atoms with E-state index in [0.717, 1.165) is 0 Å². The summed E-state index contributed by atoms with van der Waals surface area (Å²) in [4.78, 5) is 23.1. The van der Waals surface area contributed by atoms with Gasteiger partial charge in [0.15, 0.2) is 6.10 Å². The van der Waals surface area contributed by atoms with Gasteiger partial charge in [-0.3, -0.25) is 9.59 Å². The van der Waals surface area contributed by atoms with E-state index in [0.29, 0.717) is 4.47 Å². The van der Waals surface area contributed by atoms with Crippen molar-refractivity contribution >= 4 is 37.8 Å². The summed E-state index contributed by atoms with van der Waals surface area (Å²) in [6.45, 7) is 4.50. The van der Waals surface area contributed by atoms with Crippen molar-refractivity contribution in [2.45, 2.75) is 17.9 Å². The third kappa shape index (κ3) is 6.51. The van der Waals surface area contributed by atoms with Crippen LogP contribution in [0.3, 0.4) is 0 Å². The number of benzene rings is 1. The average Bonchev–Trinajstić information content (AvgIpc) is 2.50. The maximum absolute atomic E-state index is 12.0. The van der Waals surface area contributed by atoms with Crippen molar-refractivity contribution in [3.63, 3.8) is 0 Å². The molecule has 9 heteroatoms. The minimum Gasteiger partial charge on any atom is -0.452 e. The largest absolute Gasteiger partial charge is 0.452 e. The van der Waals surface area contributed by atoms with Gasteiger partial charge in [-0.15, -0.1) is 6.58 Å². The van der Waals surface area contributed by atoms with Crippen molar-refractivity contribution in [3.05, 3.63) is 41.4 Å². The van der Waals surface area contributed by atoms with Gasteiger partial charge in [0.05, 0.1) is 4.90 Å². The predicted molar refractivity (Wildman–Crippen MR) is 88.1 cm³/mol. The fraction of sp³-hybridized carbons (Fsp3) is 0.286. The summed E-state index contributed by atoms with van der Waals surface area (Å²) >= 11 is 3.17. The minimum atomic E-state index is -3.84. The minimum absolute atomic E-state index is 0.0106. The van der Waals surface area contributed by atoms with Gasteiger partial charge in [0.25, 0.3) is 5.91 Å². The Morgan fingerprint density at radius 1 is 1.43 bits per heavy atom. The molecular weight excluding hydrogens is 388 g/mol. The van der Waals surface area contributed by atoms with Crippen LogP contribution in [-0.4, -0.2) is 39.5 Å². The lowest BCUT2D eigenvalue weighted by atomic mass is 10.3. The molecule has 0 radical (unpaired) electrons. The van der Waals surface area contributed by atoms with Crippen LogP contribution >= 0.6 is 15.9 Å². The molecule has 1 unspecified atom stereocenters. The van der Waals surface area contributed by atoms with Gasteiger partial charge in [-0.05, 0) is 25.1 Å². The number of hydrogen-bond donors (Lipinski definition) is 2. The SMILES string of the molecule is C=CCNC(=O)C(C)OC(=O)CNS(=O)(=O)c1cccc(Br)c1. The number of carbonyl (C=O) groups is 2. The molecule has 0 aliphatic carbocycles. The van der Waals surface area contributed by atoms with E-state index in [2.05, 4.69) is 32.5 Å². The summed E-state index contributed by atoms with van der Waals surface area (Å²) in [7, 11) is -3.84. The molecule has 0 saturated carbocycles. The van der Waals surface area contributed by atoms with Crippen molar-refractivity contribution < 1.29 is 22.7 Å². The second-order valence-corrected chi connectivity index (χ2v) is 7.13. The smallest absolute Gasteiger partial charge is 0.321 e. The highest BCUT2D eigenvalue weighted by Gasteiger charge is 2.20. The molecule has 1 atom stereocenters. The lowest BCUT2D eigenvalue weighted by Crippen LogP contribution is -2.38. The molecule has 23 heavy (non-hydrogen) atoms. The molecule has 1 aromatic carbocycles. The first-order valence-electron chi connectivity index (χ1n) is 6.59. The molecule has 7 nitrogen and oxygen atoms in total. The highest BCUT2D eigenvalue weighted by Crippen LogP contribution is 2.15. The van der Waals surface area contributed by atoms with E-state index < -0.39 is 34.5 Å². The molecule has 0 saturated heterocycles. The van der Waals surface area contributed by atoms with Crippen LogP contribution in [0.25, 0.3) is 0 Å². The molecule has 126 valence electrons. The molecule has 0 spiro atoms. The normalized spacial score (nSPS) is 12.3. The van der Waals surface area contributed by atoms with Crippen LogP contribution in [0.5, 0.6) is 0 Å². The Morgan fingerprint density at radius 2 is 2.13 bits per heavy atom. The lowest BCUT2D eigenvalue weighted by Gasteiger charge is -2.13. The van der Waals surface area contributed by atoms with Gasteiger partial charge in [-0.25, -0.2) is 8.42 Å². The van der Waals surface area contributed by atoms with Crippen LogP contribution in [0.2, 0.25) is 0 Å². The van der Waals surface area contributed by atoms with Crippen LogP contribution in [0.15, 0.2) is 46.3 Å². The Balaban J connectivity index is 2.55. The van der Waals surface area contributed by atoms with Gasteiger partial charge in [0, 0.05) is 11.0 Å². The zero-order chi connectivity index (χ0) is 17.5. The van der Waals surface area contributed by atoms with Crippen LogP contribution < -0.4 is 10.0 Å². The number of carbonyl (C=O) groups excluding carboxylic acids is 2. The van der Waals surface area contributed by atoms with Crippen molar-refractivity contribution in [3.8, 4) is 0 Å². The topological polar surface area (TPSA) is 102 Å². The number of amides is 1. The van der Waals surface area contributed by atoms with E-state index >= 15 is 0 Å². The Hall–Kier alpha value is -1.71. The summed E-state index contributed by atoms with van der Waals surface area (Å²) in [5.74, 6) is -1.35. The maximum Gasteiger partial charge on any atom is 0.321 e. The first-order valence-corrected chi connectivity index (χ1v) is 8.87. The molecule has 0 aliphatic rings. The van der Waals surface area contributed by atoms with Gasteiger partial charge >= 0.3 is 5.97 Å². The molecular formula is C14H17BrN2O5S. The molecule has 0 bridgehead atoms. The van der Waals surface area contributed by atoms with Crippen LogP contribution in [-0.2, 0) is 24.3 Å². The van der Waals surface area contributed by atoms with Crippen molar-refractivity contribution in [1.29, 1.82) is 0 Å². The van der Waals surface area contributed by atoms with Crippen molar-refractivity contribution in [1.82, 2.24) is 10.0 Å². The molecule has 2 N–H and O–H groups in total. The zero-order valence-electron chi connectivity index (χ0n) is 12.4. The second-order valence-electron chi connectivity index (χ2n) is 4.45. The van der Waals surface area contributed by atoms with Gasteiger partial charge in [0.1, 0.15) is 6.54 Å². The number of rotatable bonds is 8. The van der Waals surface area contributed by atoms with Crippen molar-refractivity contribution in [2.24, 2.45) is 0 Å². The Labute approximate surface area is 143 Å². The van der Waals surface area contributed by atoms with Crippen LogP contribution in [0, 0.1) is 0 Å². The summed E-state index contributed by atoms with van der Waals surface area (Å²) in [5.41, 5.74) is 0. The van der Waals surface area contributed by atoms with E-state index in [-0.39, 0.29) is 11.4 Å². The highest BCUT2D eigenvalue weighted by molar-refractivity contribution is 9.10. The fourth-order valence-electron chi connectivity index (χ4n) is 1.48. The molecule has 1 rings (SSSR count). The third-order valence-electron chi connectivity index (χ3n) is 2.61. The van der Waals surface area contributed by atoms with E-state index in [1.807, 2.05) is 0 Å². The van der Waals surface area contributed by atoms with E-state index in [1.165, 1.54) is 25.1 Å². The average molecular weight is 405 g/mol. The molecule has 0 aromatic heterocycles. The highest BCUT2D eigenvalue weighted by atomic mass is 79.9. The van der Waals surface area contributed by atoms with Crippen molar-refractivity contribution in [2.75, 3.05) is 13.1 Å². The van der Waals surface area contributed by atoms with E-state index in [1.54, 1.807) is 12.1 Å². The number of halogens is 1. The summed E-state index contributed by atoms with van der Waals surface area (Å²) in [5, 5.41) is 2.46. The Bertz CT molecular complexity index is 690. The van der Waals surface area contributed by atoms with Gasteiger partial charge < -0.3 is 10.1 Å². The zero-order valence-corrected chi connectivity index (χ0v) is 14.8. The number of ether oxygens (including phenoxy) is 1. The van der Waals surface area contributed by atoms with E-state index in [4.69, 9.17) is 4.74 Å². The van der Waals surface area contributed by atoms with Gasteiger partial charge in [-0.1, -0.05) is 28.1 Å². The van der Waals surface area contributed by atoms with Crippen LogP contribution in [0.4, 0.5) is 0 Å². The summed E-state index contributed by atoms with van der Waals surface area (Å²) in [6, 6.07) is 6.03. The molecule has 0 fully saturated rings. The van der Waals surface area contributed by atoms with Gasteiger partial charge in [0.2, 0.25) is 10.0 Å². The number of esters is 1. The first-order chi connectivity index (χ1) is 10.8. The maximum atomic E-state index is 12.0. The quantitative estimate of drug-likeness (QED) is 0.496. The number of sulfonamides is 1. The second kappa shape index (κ2) is 8.80. The lowest BCUT2D eigenvalue weighted by molar-refractivity contribution is -0.153. The third-order valence-corrected chi connectivity index (χ3v) is 4.50. The monoisotopic (exact) mass is 404 g/mol. The molecule has 1 amide bonds. The Morgan fingerprint density at radius 3 is 2.74 bits per heavy atom. The van der Waals surface area contributed by atoms with E-state index in [9.17, 15) is 18.0 Å². The van der Waals surface area contributed by atoms with Gasteiger partial charge in [-0.2, -0.15) is 4.72 Å². The Kier molecular flexibility index (Phi) is 7.40. The standard InChI is InChI=1S/C14H17BrN2O5S/c1-3-7-16-14(19)10(2)22-13(18)9-17-23(20,21)12-6-4-5-11(15)8-12/h3-6,8,10,17H,1,7,9H2,2H3,(H,16,19). The summed E-state index contributed by atoms with van der Waals surface area (Å²) < 4.78 is 31.6. The number of hydrogen-bond acceptors (Lipinski definition) is 5. The predicted octanol–water partition coefficient (Wildman–Crippen LogP) is 0.961. The molecule has 0 aliphatic heterocycles. The summed E-state index contributed by atoms with van der Waals surface area (Å²) in [6.07, 6.45) is 0.455.